The number of thiophene rings is 1. The normalized spacial score (nSPS) is 12.6. The first-order valence-corrected chi connectivity index (χ1v) is 6.32. The summed E-state index contributed by atoms with van der Waals surface area (Å²) in [7, 11) is 0. The first-order valence-electron chi connectivity index (χ1n) is 5.51. The second-order valence-corrected chi connectivity index (χ2v) is 5.04. The number of nitrogens with one attached hydrogen (secondary N) is 1. The van der Waals surface area contributed by atoms with Crippen LogP contribution in [0.3, 0.4) is 0 Å². The van der Waals surface area contributed by atoms with Gasteiger partial charge < -0.3 is 5.32 Å². The van der Waals surface area contributed by atoms with Crippen LogP contribution in [-0.4, -0.2) is 11.5 Å². The third-order valence-electron chi connectivity index (χ3n) is 2.47. The van der Waals surface area contributed by atoms with E-state index in [9.17, 15) is 0 Å². The summed E-state index contributed by atoms with van der Waals surface area (Å²) in [5.41, 5.74) is 1.23. The molecule has 0 amide bonds. The van der Waals surface area contributed by atoms with Crippen molar-refractivity contribution in [3.63, 3.8) is 0 Å². The molecule has 16 heavy (non-hydrogen) atoms. The van der Waals surface area contributed by atoms with E-state index in [0.29, 0.717) is 0 Å². The second kappa shape index (κ2) is 5.23. The van der Waals surface area contributed by atoms with E-state index in [1.54, 1.807) is 0 Å². The minimum absolute atomic E-state index is 0.275. The molecule has 0 spiro atoms. The van der Waals surface area contributed by atoms with Crippen molar-refractivity contribution >= 4 is 11.3 Å². The molecule has 0 fully saturated rings. The Labute approximate surface area is 100 Å². The summed E-state index contributed by atoms with van der Waals surface area (Å²) in [6.07, 6.45) is 3.74. The fraction of sp³-hybridized carbons (Fsp3) is 0.308. The van der Waals surface area contributed by atoms with Crippen LogP contribution in [0, 0.1) is 6.92 Å². The largest absolute Gasteiger partial charge is 0.306 e. The maximum atomic E-state index is 4.18. The van der Waals surface area contributed by atoms with E-state index >= 15 is 0 Å². The maximum absolute atomic E-state index is 4.18. The van der Waals surface area contributed by atoms with Gasteiger partial charge >= 0.3 is 0 Å². The van der Waals surface area contributed by atoms with Gasteiger partial charge in [0.15, 0.2) is 0 Å². The Bertz CT molecular complexity index is 436. The van der Waals surface area contributed by atoms with E-state index in [1.165, 1.54) is 15.3 Å². The molecule has 2 rings (SSSR count). The highest BCUT2D eigenvalue weighted by molar-refractivity contribution is 7.12. The van der Waals surface area contributed by atoms with Crippen molar-refractivity contribution in [2.24, 2.45) is 0 Å². The van der Waals surface area contributed by atoms with Crippen molar-refractivity contribution in [2.75, 3.05) is 6.54 Å². The van der Waals surface area contributed by atoms with Gasteiger partial charge in [-0.15, -0.1) is 11.3 Å². The predicted octanol–water partition coefficient (Wildman–Crippen LogP) is 3.15. The van der Waals surface area contributed by atoms with Gasteiger partial charge in [-0.05, 0) is 37.2 Å². The average molecular weight is 232 g/mol. The Balaban J connectivity index is 2.31. The van der Waals surface area contributed by atoms with Crippen LogP contribution < -0.4 is 5.32 Å². The molecule has 0 aliphatic heterocycles. The highest BCUT2D eigenvalue weighted by Gasteiger charge is 2.14. The van der Waals surface area contributed by atoms with Gasteiger partial charge in [0.2, 0.25) is 0 Å². The van der Waals surface area contributed by atoms with Crippen molar-refractivity contribution in [2.45, 2.75) is 19.9 Å². The lowest BCUT2D eigenvalue weighted by Crippen LogP contribution is -2.21. The highest BCUT2D eigenvalue weighted by Crippen LogP contribution is 2.27. The molecule has 0 saturated carbocycles. The molecule has 0 bridgehead atoms. The van der Waals surface area contributed by atoms with Crippen LogP contribution in [0.25, 0.3) is 0 Å². The standard InChI is InChI=1S/C13H16N2S/c1-3-15-13(11-5-4-8-14-9-11)12-7-6-10(2)16-12/h4-9,13,15H,3H2,1-2H3. The number of nitrogens with zero attached hydrogens (tertiary/aromatic N) is 1. The third-order valence-corrected chi connectivity index (χ3v) is 3.54. The topological polar surface area (TPSA) is 24.9 Å². The summed E-state index contributed by atoms with van der Waals surface area (Å²) in [4.78, 5) is 6.89. The fourth-order valence-corrected chi connectivity index (χ4v) is 2.72. The molecule has 1 unspecified atom stereocenters. The molecule has 0 aliphatic rings. The molecule has 1 atom stereocenters. The Morgan fingerprint density at radius 3 is 2.81 bits per heavy atom. The minimum atomic E-state index is 0.275. The molecule has 3 heteroatoms. The van der Waals surface area contributed by atoms with Crippen molar-refractivity contribution in [3.05, 3.63) is 52.0 Å². The molecule has 2 aromatic rings. The first-order chi connectivity index (χ1) is 7.81. The summed E-state index contributed by atoms with van der Waals surface area (Å²) in [6, 6.07) is 8.74. The molecule has 2 heterocycles. The fourth-order valence-electron chi connectivity index (χ4n) is 1.74. The molecule has 0 aromatic carbocycles. The zero-order chi connectivity index (χ0) is 11.4. The molecular formula is C13H16N2S. The van der Waals surface area contributed by atoms with Crippen molar-refractivity contribution in [1.82, 2.24) is 10.3 Å². The lowest BCUT2D eigenvalue weighted by atomic mass is 10.1. The molecule has 2 nitrogen and oxygen atoms in total. The van der Waals surface area contributed by atoms with Gasteiger partial charge in [-0.1, -0.05) is 13.0 Å². The summed E-state index contributed by atoms with van der Waals surface area (Å²) in [5, 5.41) is 3.50. The average Bonchev–Trinajstić information content (AvgIpc) is 2.74. The van der Waals surface area contributed by atoms with Crippen LogP contribution in [0.4, 0.5) is 0 Å². The van der Waals surface area contributed by atoms with Crippen LogP contribution in [0.1, 0.15) is 28.3 Å². The number of aromatic nitrogens is 1. The van der Waals surface area contributed by atoms with Crippen molar-refractivity contribution in [1.29, 1.82) is 0 Å². The molecule has 0 saturated heterocycles. The third kappa shape index (κ3) is 2.49. The van der Waals surface area contributed by atoms with Crippen LogP contribution in [-0.2, 0) is 0 Å². The monoisotopic (exact) mass is 232 g/mol. The second-order valence-electron chi connectivity index (χ2n) is 3.73. The Hall–Kier alpha value is -1.19. The predicted molar refractivity (Wildman–Crippen MR) is 68.8 cm³/mol. The lowest BCUT2D eigenvalue weighted by molar-refractivity contribution is 0.637. The number of hydrogen-bond acceptors (Lipinski definition) is 3. The summed E-state index contributed by atoms with van der Waals surface area (Å²) in [5.74, 6) is 0. The summed E-state index contributed by atoms with van der Waals surface area (Å²) >= 11 is 1.84. The molecular weight excluding hydrogens is 216 g/mol. The molecule has 0 aliphatic carbocycles. The van der Waals surface area contributed by atoms with Gasteiger partial charge in [-0.25, -0.2) is 0 Å². The van der Waals surface area contributed by atoms with E-state index in [1.807, 2.05) is 29.8 Å². The highest BCUT2D eigenvalue weighted by atomic mass is 32.1. The van der Waals surface area contributed by atoms with Crippen LogP contribution in [0.15, 0.2) is 36.7 Å². The van der Waals surface area contributed by atoms with Crippen molar-refractivity contribution in [3.8, 4) is 0 Å². The number of aryl methyl sites for hydroxylation is 1. The summed E-state index contributed by atoms with van der Waals surface area (Å²) < 4.78 is 0. The zero-order valence-corrected chi connectivity index (χ0v) is 10.4. The van der Waals surface area contributed by atoms with Gasteiger partial charge in [-0.3, -0.25) is 4.98 Å². The van der Waals surface area contributed by atoms with E-state index in [0.717, 1.165) is 6.54 Å². The number of pyridine rings is 1. The van der Waals surface area contributed by atoms with E-state index in [2.05, 4.69) is 42.3 Å². The van der Waals surface area contributed by atoms with Gasteiger partial charge in [0.1, 0.15) is 0 Å². The number of hydrogen-bond donors (Lipinski definition) is 1. The van der Waals surface area contributed by atoms with Gasteiger partial charge in [0, 0.05) is 22.1 Å². The van der Waals surface area contributed by atoms with Crippen LogP contribution in [0.2, 0.25) is 0 Å². The van der Waals surface area contributed by atoms with Crippen molar-refractivity contribution < 1.29 is 0 Å². The molecule has 1 N–H and O–H groups in total. The zero-order valence-electron chi connectivity index (χ0n) is 9.60. The van der Waals surface area contributed by atoms with Crippen LogP contribution >= 0.6 is 11.3 Å². The number of rotatable bonds is 4. The SMILES string of the molecule is CCNC(c1cccnc1)c1ccc(C)s1. The van der Waals surface area contributed by atoms with Gasteiger partial charge in [0.05, 0.1) is 6.04 Å². The first kappa shape index (κ1) is 11.3. The van der Waals surface area contributed by atoms with E-state index < -0.39 is 0 Å². The smallest absolute Gasteiger partial charge is 0.0686 e. The molecule has 2 aromatic heterocycles. The van der Waals surface area contributed by atoms with E-state index in [4.69, 9.17) is 0 Å². The van der Waals surface area contributed by atoms with Crippen LogP contribution in [0.5, 0.6) is 0 Å². The molecule has 0 radical (unpaired) electrons. The Morgan fingerprint density at radius 2 is 2.25 bits per heavy atom. The Morgan fingerprint density at radius 1 is 1.38 bits per heavy atom. The Kier molecular flexibility index (Phi) is 3.70. The quantitative estimate of drug-likeness (QED) is 0.876. The summed E-state index contributed by atoms with van der Waals surface area (Å²) in [6.45, 7) is 5.22. The van der Waals surface area contributed by atoms with Gasteiger partial charge in [0.25, 0.3) is 0 Å². The minimum Gasteiger partial charge on any atom is -0.306 e. The lowest BCUT2D eigenvalue weighted by Gasteiger charge is -2.16. The maximum Gasteiger partial charge on any atom is 0.0686 e. The van der Waals surface area contributed by atoms with E-state index in [-0.39, 0.29) is 6.04 Å². The van der Waals surface area contributed by atoms with Gasteiger partial charge in [-0.2, -0.15) is 0 Å². The molecule has 84 valence electrons.